The molecule has 1 heterocycles. The van der Waals surface area contributed by atoms with E-state index in [9.17, 15) is 4.79 Å². The molecule has 3 rings (SSSR count). The number of fused-ring (bicyclic) bond motifs is 1. The third-order valence-electron chi connectivity index (χ3n) is 4.16. The number of aromatic amines is 1. The molecule has 19 heavy (non-hydrogen) atoms. The van der Waals surface area contributed by atoms with E-state index in [1.165, 1.54) is 10.9 Å². The van der Waals surface area contributed by atoms with Gasteiger partial charge in [-0.05, 0) is 30.9 Å². The van der Waals surface area contributed by atoms with Crippen molar-refractivity contribution in [1.29, 1.82) is 0 Å². The second-order valence-electron chi connectivity index (χ2n) is 5.53. The van der Waals surface area contributed by atoms with Crippen LogP contribution in [0.4, 0.5) is 0 Å². The van der Waals surface area contributed by atoms with E-state index in [-0.39, 0.29) is 5.92 Å². The zero-order valence-electron chi connectivity index (χ0n) is 11.5. The van der Waals surface area contributed by atoms with Crippen molar-refractivity contribution in [2.24, 2.45) is 11.8 Å². The molecule has 1 aromatic heterocycles. The largest absolute Gasteiger partial charge is 0.361 e. The summed E-state index contributed by atoms with van der Waals surface area (Å²) in [5.41, 5.74) is 2.35. The van der Waals surface area contributed by atoms with Gasteiger partial charge in [-0.15, -0.1) is 0 Å². The molecule has 0 radical (unpaired) electrons. The van der Waals surface area contributed by atoms with Gasteiger partial charge in [-0.1, -0.05) is 25.1 Å². The monoisotopic (exact) mass is 256 g/mol. The number of carbonyl (C=O) groups is 1. The van der Waals surface area contributed by atoms with Crippen molar-refractivity contribution in [3.8, 4) is 0 Å². The minimum atomic E-state index is 0.269. The molecule has 1 N–H and O–H groups in total. The lowest BCUT2D eigenvalue weighted by molar-refractivity contribution is -0.133. The van der Waals surface area contributed by atoms with Crippen LogP contribution in [-0.2, 0) is 11.3 Å². The number of nitrogens with one attached hydrogen (secondary N) is 1. The van der Waals surface area contributed by atoms with Crippen molar-refractivity contribution < 1.29 is 4.79 Å². The highest BCUT2D eigenvalue weighted by Crippen LogP contribution is 2.39. The molecule has 0 aliphatic heterocycles. The highest BCUT2D eigenvalue weighted by molar-refractivity contribution is 5.85. The van der Waals surface area contributed by atoms with Gasteiger partial charge >= 0.3 is 0 Å². The summed E-state index contributed by atoms with van der Waals surface area (Å²) in [5, 5.41) is 1.22. The van der Waals surface area contributed by atoms with Gasteiger partial charge in [0.1, 0.15) is 0 Å². The van der Waals surface area contributed by atoms with Gasteiger partial charge in [0.25, 0.3) is 0 Å². The smallest absolute Gasteiger partial charge is 0.226 e. The van der Waals surface area contributed by atoms with Crippen LogP contribution in [0.15, 0.2) is 30.5 Å². The van der Waals surface area contributed by atoms with E-state index < -0.39 is 0 Å². The lowest BCUT2D eigenvalue weighted by Gasteiger charge is -2.20. The summed E-state index contributed by atoms with van der Waals surface area (Å²) < 4.78 is 0. The molecule has 1 aliphatic carbocycles. The summed E-state index contributed by atoms with van der Waals surface area (Å²) in [7, 11) is 0. The minimum absolute atomic E-state index is 0.269. The Morgan fingerprint density at radius 2 is 2.16 bits per heavy atom. The van der Waals surface area contributed by atoms with Crippen molar-refractivity contribution in [2.45, 2.75) is 26.8 Å². The van der Waals surface area contributed by atoms with Crippen molar-refractivity contribution in [3.63, 3.8) is 0 Å². The second kappa shape index (κ2) is 4.72. The van der Waals surface area contributed by atoms with E-state index in [0.29, 0.717) is 18.4 Å². The zero-order chi connectivity index (χ0) is 13.4. The molecule has 1 fully saturated rings. The number of H-pyrrole nitrogens is 1. The minimum Gasteiger partial charge on any atom is -0.361 e. The van der Waals surface area contributed by atoms with E-state index in [0.717, 1.165) is 18.5 Å². The summed E-state index contributed by atoms with van der Waals surface area (Å²) in [6.07, 6.45) is 3.08. The van der Waals surface area contributed by atoms with Gasteiger partial charge in [0.15, 0.2) is 0 Å². The van der Waals surface area contributed by atoms with Gasteiger partial charge in [0, 0.05) is 36.1 Å². The van der Waals surface area contributed by atoms with Crippen LogP contribution in [0.25, 0.3) is 10.9 Å². The molecule has 2 atom stereocenters. The molecule has 0 saturated heterocycles. The normalized spacial score (nSPS) is 21.6. The molecule has 1 aromatic carbocycles. The number of carbonyl (C=O) groups excluding carboxylic acids is 1. The number of hydrogen-bond donors (Lipinski definition) is 1. The number of hydrogen-bond acceptors (Lipinski definition) is 1. The average Bonchev–Trinajstić information content (AvgIpc) is 3.02. The number of nitrogens with zero attached hydrogens (tertiary/aromatic N) is 1. The Morgan fingerprint density at radius 3 is 2.84 bits per heavy atom. The highest BCUT2D eigenvalue weighted by Gasteiger charge is 2.41. The summed E-state index contributed by atoms with van der Waals surface area (Å²) in [6.45, 7) is 5.70. The number of benzene rings is 1. The predicted octanol–water partition coefficient (Wildman–Crippen LogP) is 3.17. The van der Waals surface area contributed by atoms with Crippen LogP contribution in [0.3, 0.4) is 0 Å². The summed E-state index contributed by atoms with van der Waals surface area (Å²) in [4.78, 5) is 17.6. The Hall–Kier alpha value is -1.77. The van der Waals surface area contributed by atoms with E-state index >= 15 is 0 Å². The van der Waals surface area contributed by atoms with Crippen LogP contribution in [-0.4, -0.2) is 22.3 Å². The number of para-hydroxylation sites is 1. The first kappa shape index (κ1) is 12.3. The molecule has 0 bridgehead atoms. The average molecular weight is 256 g/mol. The molecule has 2 aromatic rings. The Kier molecular flexibility index (Phi) is 3.05. The SMILES string of the molecule is CCN(Cc1c[nH]c2ccccc12)C(=O)[C@@H]1C[C@H]1C. The molecular formula is C16H20N2O. The van der Waals surface area contributed by atoms with Gasteiger partial charge in [-0.3, -0.25) is 4.79 Å². The van der Waals surface area contributed by atoms with Crippen LogP contribution in [0.1, 0.15) is 25.8 Å². The van der Waals surface area contributed by atoms with Crippen molar-refractivity contribution in [3.05, 3.63) is 36.0 Å². The van der Waals surface area contributed by atoms with Crippen molar-refractivity contribution >= 4 is 16.8 Å². The molecule has 3 heteroatoms. The lowest BCUT2D eigenvalue weighted by atomic mass is 10.1. The van der Waals surface area contributed by atoms with Gasteiger partial charge in [-0.25, -0.2) is 0 Å². The quantitative estimate of drug-likeness (QED) is 0.896. The number of amides is 1. The Bertz CT molecular complexity index is 602. The van der Waals surface area contributed by atoms with Crippen LogP contribution in [0, 0.1) is 11.8 Å². The molecular weight excluding hydrogens is 236 g/mol. The van der Waals surface area contributed by atoms with Gasteiger partial charge in [-0.2, -0.15) is 0 Å². The van der Waals surface area contributed by atoms with Crippen LogP contribution >= 0.6 is 0 Å². The van der Waals surface area contributed by atoms with E-state index in [4.69, 9.17) is 0 Å². The summed E-state index contributed by atoms with van der Waals surface area (Å²) >= 11 is 0. The molecule has 3 nitrogen and oxygen atoms in total. The fourth-order valence-electron chi connectivity index (χ4n) is 2.71. The van der Waals surface area contributed by atoms with Gasteiger partial charge in [0.05, 0.1) is 0 Å². The highest BCUT2D eigenvalue weighted by atomic mass is 16.2. The molecule has 0 spiro atoms. The second-order valence-corrected chi connectivity index (χ2v) is 5.53. The molecule has 1 aliphatic rings. The first-order valence-electron chi connectivity index (χ1n) is 7.04. The zero-order valence-corrected chi connectivity index (χ0v) is 11.5. The fraction of sp³-hybridized carbons (Fsp3) is 0.438. The predicted molar refractivity (Wildman–Crippen MR) is 76.7 cm³/mol. The van der Waals surface area contributed by atoms with Crippen LogP contribution in [0.2, 0.25) is 0 Å². The van der Waals surface area contributed by atoms with Gasteiger partial charge < -0.3 is 9.88 Å². The Morgan fingerprint density at radius 1 is 1.42 bits per heavy atom. The number of rotatable bonds is 4. The standard InChI is InChI=1S/C16H20N2O/c1-3-18(16(19)14-8-11(14)2)10-12-9-17-15-7-5-4-6-13(12)15/h4-7,9,11,14,17H,3,8,10H2,1-2H3/t11-,14-/m1/s1. The maximum Gasteiger partial charge on any atom is 0.226 e. The first-order valence-corrected chi connectivity index (χ1v) is 7.04. The number of aromatic nitrogens is 1. The third-order valence-corrected chi connectivity index (χ3v) is 4.16. The lowest BCUT2D eigenvalue weighted by Crippen LogP contribution is -2.31. The molecule has 1 amide bonds. The molecule has 0 unspecified atom stereocenters. The molecule has 100 valence electrons. The fourth-order valence-corrected chi connectivity index (χ4v) is 2.71. The van der Waals surface area contributed by atoms with Crippen molar-refractivity contribution in [1.82, 2.24) is 9.88 Å². The Balaban J connectivity index is 1.80. The summed E-state index contributed by atoms with van der Waals surface area (Å²) in [6, 6.07) is 8.25. The maximum atomic E-state index is 12.3. The third kappa shape index (κ3) is 2.25. The summed E-state index contributed by atoms with van der Waals surface area (Å²) in [5.74, 6) is 1.16. The van der Waals surface area contributed by atoms with E-state index in [2.05, 4.69) is 31.0 Å². The van der Waals surface area contributed by atoms with Crippen LogP contribution < -0.4 is 0 Å². The topological polar surface area (TPSA) is 36.1 Å². The van der Waals surface area contributed by atoms with Crippen molar-refractivity contribution in [2.75, 3.05) is 6.54 Å². The molecule has 1 saturated carbocycles. The van der Waals surface area contributed by atoms with Gasteiger partial charge in [0.2, 0.25) is 5.91 Å². The Labute approximate surface area is 113 Å². The van der Waals surface area contributed by atoms with E-state index in [1.807, 2.05) is 23.2 Å². The maximum absolute atomic E-state index is 12.3. The van der Waals surface area contributed by atoms with Crippen LogP contribution in [0.5, 0.6) is 0 Å². The van der Waals surface area contributed by atoms with E-state index in [1.54, 1.807) is 0 Å². The first-order chi connectivity index (χ1) is 9.20.